The van der Waals surface area contributed by atoms with Crippen LogP contribution in [0.5, 0.6) is 0 Å². The highest BCUT2D eigenvalue weighted by atomic mass is 35.5. The first-order valence-electron chi connectivity index (χ1n) is 8.01. The fourth-order valence-electron chi connectivity index (χ4n) is 2.77. The fourth-order valence-corrected chi connectivity index (χ4v) is 3.00. The van der Waals surface area contributed by atoms with Crippen LogP contribution in [-0.4, -0.2) is 36.5 Å². The third-order valence-electron chi connectivity index (χ3n) is 4.35. The molecular weight excluding hydrogens is 377 g/mol. The first-order chi connectivity index (χ1) is 12.7. The van der Waals surface area contributed by atoms with E-state index < -0.39 is 11.2 Å². The average Bonchev–Trinajstić information content (AvgIpc) is 2.96. The number of fused-ring (bicyclic) bond motifs is 1. The number of hydrogen-bond acceptors (Lipinski definition) is 4. The molecule has 0 unspecified atom stereocenters. The lowest BCUT2D eigenvalue weighted by molar-refractivity contribution is -0.131. The van der Waals surface area contributed by atoms with Crippen LogP contribution in [0.4, 0.5) is 4.39 Å². The van der Waals surface area contributed by atoms with Gasteiger partial charge in [0.2, 0.25) is 11.2 Å². The van der Waals surface area contributed by atoms with Gasteiger partial charge >= 0.3 is 5.69 Å². The largest absolute Gasteiger partial charge is 0.340 e. The minimum Gasteiger partial charge on any atom is -0.340 e. The van der Waals surface area contributed by atoms with Crippen molar-refractivity contribution in [2.45, 2.75) is 13.1 Å². The highest BCUT2D eigenvalue weighted by Gasteiger charge is 2.21. The molecule has 0 aliphatic rings. The van der Waals surface area contributed by atoms with Crippen molar-refractivity contribution in [1.29, 1.82) is 0 Å². The predicted octanol–water partition coefficient (Wildman–Crippen LogP) is 0.885. The SMILES string of the molecule is CN(Cc1ccc(F)cc1)C(=O)Cn1c(Cl)nc2c1c(=O)n(C)c(=O)n2C. The van der Waals surface area contributed by atoms with Gasteiger partial charge in [-0.15, -0.1) is 0 Å². The molecule has 0 aliphatic carbocycles. The second-order valence-electron chi connectivity index (χ2n) is 6.22. The van der Waals surface area contributed by atoms with Crippen LogP contribution in [0.2, 0.25) is 5.28 Å². The van der Waals surface area contributed by atoms with E-state index in [-0.39, 0.29) is 41.3 Å². The molecule has 27 heavy (non-hydrogen) atoms. The molecule has 142 valence electrons. The van der Waals surface area contributed by atoms with Crippen molar-refractivity contribution in [3.63, 3.8) is 0 Å². The summed E-state index contributed by atoms with van der Waals surface area (Å²) in [5.74, 6) is -0.678. The quantitative estimate of drug-likeness (QED) is 0.616. The zero-order valence-electron chi connectivity index (χ0n) is 14.9. The van der Waals surface area contributed by atoms with E-state index in [0.29, 0.717) is 0 Å². The van der Waals surface area contributed by atoms with E-state index in [0.717, 1.165) is 10.1 Å². The van der Waals surface area contributed by atoms with Gasteiger partial charge in [0.05, 0.1) is 0 Å². The molecule has 3 rings (SSSR count). The molecule has 8 nitrogen and oxygen atoms in total. The summed E-state index contributed by atoms with van der Waals surface area (Å²) in [6, 6.07) is 5.81. The summed E-state index contributed by atoms with van der Waals surface area (Å²) in [4.78, 5) is 42.6. The lowest BCUT2D eigenvalue weighted by atomic mass is 10.2. The maximum Gasteiger partial charge on any atom is 0.332 e. The summed E-state index contributed by atoms with van der Waals surface area (Å²) < 4.78 is 16.4. The second-order valence-corrected chi connectivity index (χ2v) is 6.56. The number of halogens is 2. The second kappa shape index (κ2) is 6.99. The molecule has 2 aromatic heterocycles. The van der Waals surface area contributed by atoms with Gasteiger partial charge < -0.3 is 4.90 Å². The molecule has 0 saturated heterocycles. The van der Waals surface area contributed by atoms with Gasteiger partial charge in [-0.1, -0.05) is 12.1 Å². The van der Waals surface area contributed by atoms with Gasteiger partial charge in [-0.25, -0.2) is 9.18 Å². The van der Waals surface area contributed by atoms with E-state index in [2.05, 4.69) is 4.98 Å². The number of nitrogens with zero attached hydrogens (tertiary/aromatic N) is 5. The van der Waals surface area contributed by atoms with Gasteiger partial charge in [0.25, 0.3) is 5.56 Å². The highest BCUT2D eigenvalue weighted by molar-refractivity contribution is 6.29. The molecule has 0 fully saturated rings. The number of carbonyl (C=O) groups excluding carboxylic acids is 1. The van der Waals surface area contributed by atoms with Crippen molar-refractivity contribution < 1.29 is 9.18 Å². The predicted molar refractivity (Wildman–Crippen MR) is 98.1 cm³/mol. The number of carbonyl (C=O) groups is 1. The van der Waals surface area contributed by atoms with Crippen LogP contribution in [-0.2, 0) is 32.0 Å². The van der Waals surface area contributed by atoms with Crippen LogP contribution < -0.4 is 11.2 Å². The van der Waals surface area contributed by atoms with Crippen molar-refractivity contribution in [3.8, 4) is 0 Å². The van der Waals surface area contributed by atoms with Crippen LogP contribution in [0.3, 0.4) is 0 Å². The topological polar surface area (TPSA) is 82.1 Å². The van der Waals surface area contributed by atoms with Gasteiger partial charge in [0.15, 0.2) is 11.2 Å². The van der Waals surface area contributed by atoms with Gasteiger partial charge in [-0.3, -0.25) is 23.3 Å². The molecule has 1 amide bonds. The Labute approximate surface area is 158 Å². The van der Waals surface area contributed by atoms with Crippen LogP contribution in [0.25, 0.3) is 11.2 Å². The smallest absolute Gasteiger partial charge is 0.332 e. The summed E-state index contributed by atoms with van der Waals surface area (Å²) in [7, 11) is 4.41. The molecule has 0 atom stereocenters. The van der Waals surface area contributed by atoms with Crippen molar-refractivity contribution in [3.05, 3.63) is 61.8 Å². The van der Waals surface area contributed by atoms with E-state index in [4.69, 9.17) is 11.6 Å². The normalized spacial score (nSPS) is 11.1. The number of aryl methyl sites for hydroxylation is 1. The molecule has 2 heterocycles. The van der Waals surface area contributed by atoms with Gasteiger partial charge in [0, 0.05) is 27.7 Å². The van der Waals surface area contributed by atoms with Crippen LogP contribution in [0.1, 0.15) is 5.56 Å². The van der Waals surface area contributed by atoms with Crippen molar-refractivity contribution in [2.75, 3.05) is 7.05 Å². The number of benzene rings is 1. The van der Waals surface area contributed by atoms with Gasteiger partial charge in [0.1, 0.15) is 12.4 Å². The number of hydrogen-bond donors (Lipinski definition) is 0. The van der Waals surface area contributed by atoms with Crippen molar-refractivity contribution in [1.82, 2.24) is 23.6 Å². The Balaban J connectivity index is 1.93. The van der Waals surface area contributed by atoms with Crippen LogP contribution >= 0.6 is 11.6 Å². The molecule has 0 radical (unpaired) electrons. The van der Waals surface area contributed by atoms with Crippen LogP contribution in [0, 0.1) is 5.82 Å². The average molecular weight is 394 g/mol. The van der Waals surface area contributed by atoms with Crippen molar-refractivity contribution >= 4 is 28.7 Å². The van der Waals surface area contributed by atoms with E-state index >= 15 is 0 Å². The zero-order chi connectivity index (χ0) is 19.9. The maximum absolute atomic E-state index is 13.0. The van der Waals surface area contributed by atoms with Gasteiger partial charge in [-0.05, 0) is 29.3 Å². The maximum atomic E-state index is 13.0. The van der Waals surface area contributed by atoms with E-state index in [1.807, 2.05) is 0 Å². The van der Waals surface area contributed by atoms with Crippen molar-refractivity contribution in [2.24, 2.45) is 14.1 Å². The number of rotatable bonds is 4. The monoisotopic (exact) mass is 393 g/mol. The Bertz CT molecular complexity index is 1150. The van der Waals surface area contributed by atoms with E-state index in [1.54, 1.807) is 19.2 Å². The summed E-state index contributed by atoms with van der Waals surface area (Å²) in [5.41, 5.74) is -0.169. The highest BCUT2D eigenvalue weighted by Crippen LogP contribution is 2.16. The minimum absolute atomic E-state index is 0.0631. The lowest BCUT2D eigenvalue weighted by Crippen LogP contribution is -2.38. The molecule has 3 aromatic rings. The third-order valence-corrected chi connectivity index (χ3v) is 4.64. The summed E-state index contributed by atoms with van der Waals surface area (Å²) in [6.45, 7) is 0.0420. The zero-order valence-corrected chi connectivity index (χ0v) is 15.7. The number of amides is 1. The van der Waals surface area contributed by atoms with Gasteiger partial charge in [-0.2, -0.15) is 4.98 Å². The summed E-state index contributed by atoms with van der Waals surface area (Å²) >= 11 is 6.12. The lowest BCUT2D eigenvalue weighted by Gasteiger charge is -2.18. The molecule has 0 spiro atoms. The summed E-state index contributed by atoms with van der Waals surface area (Å²) in [5, 5.41) is -0.0631. The Morgan fingerprint density at radius 1 is 1.19 bits per heavy atom. The fraction of sp³-hybridized carbons (Fsp3) is 0.294. The molecular formula is C17H17ClFN5O3. The summed E-state index contributed by atoms with van der Waals surface area (Å²) in [6.07, 6.45) is 0. The molecule has 0 N–H and O–H groups in total. The first-order valence-corrected chi connectivity index (χ1v) is 8.38. The number of likely N-dealkylation sites (N-methyl/N-ethyl adjacent to an activating group) is 1. The molecule has 0 saturated carbocycles. The molecule has 10 heteroatoms. The Hall–Kier alpha value is -2.94. The molecule has 0 bridgehead atoms. The Morgan fingerprint density at radius 3 is 2.44 bits per heavy atom. The first kappa shape index (κ1) is 18.8. The molecule has 1 aromatic carbocycles. The standard InChI is InChI=1S/C17H17ClFN5O3/c1-21(8-10-4-6-11(19)7-5-10)12(25)9-24-13-14(20-16(24)18)22(2)17(27)23(3)15(13)26/h4-7H,8-9H2,1-3H3. The van der Waals surface area contributed by atoms with E-state index in [1.165, 1.54) is 40.3 Å². The Kier molecular flexibility index (Phi) is 4.88. The number of imidazole rings is 1. The van der Waals surface area contributed by atoms with Crippen LogP contribution in [0.15, 0.2) is 33.9 Å². The Morgan fingerprint density at radius 2 is 1.81 bits per heavy atom. The minimum atomic E-state index is -0.582. The third kappa shape index (κ3) is 3.37. The van der Waals surface area contributed by atoms with E-state index in [9.17, 15) is 18.8 Å². The molecule has 0 aliphatic heterocycles. The number of aromatic nitrogens is 4.